The quantitative estimate of drug-likeness (QED) is 0.776. The number of likely N-dealkylation sites (N-methyl/N-ethyl adjacent to an activating group) is 1. The van der Waals surface area contributed by atoms with Crippen molar-refractivity contribution in [1.82, 2.24) is 9.88 Å². The molecule has 88 valence electrons. The zero-order chi connectivity index (χ0) is 12.1. The maximum absolute atomic E-state index is 5.57. The second kappa shape index (κ2) is 5.77. The number of pyridine rings is 1. The molecule has 0 radical (unpaired) electrons. The SMILES string of the molecule is Cc1cc(C(N)=S)cc(OCCN(C)C)n1. The van der Waals surface area contributed by atoms with E-state index < -0.39 is 0 Å². The molecule has 1 aromatic rings. The lowest BCUT2D eigenvalue weighted by atomic mass is 10.2. The van der Waals surface area contributed by atoms with Crippen LogP contribution in [0.25, 0.3) is 0 Å². The van der Waals surface area contributed by atoms with E-state index in [1.165, 1.54) is 0 Å². The summed E-state index contributed by atoms with van der Waals surface area (Å²) in [7, 11) is 3.99. The molecule has 0 saturated carbocycles. The first kappa shape index (κ1) is 12.9. The van der Waals surface area contributed by atoms with Crippen LogP contribution in [-0.2, 0) is 0 Å². The Bertz CT molecular complexity index is 379. The molecule has 0 atom stereocenters. The summed E-state index contributed by atoms with van der Waals surface area (Å²) in [4.78, 5) is 6.67. The molecular weight excluding hydrogens is 222 g/mol. The third-order valence-electron chi connectivity index (χ3n) is 2.00. The Hall–Kier alpha value is -1.20. The largest absolute Gasteiger partial charge is 0.476 e. The lowest BCUT2D eigenvalue weighted by Crippen LogP contribution is -2.20. The molecule has 4 nitrogen and oxygen atoms in total. The Balaban J connectivity index is 2.69. The van der Waals surface area contributed by atoms with E-state index in [-0.39, 0.29) is 0 Å². The molecule has 0 spiro atoms. The molecule has 0 aromatic carbocycles. The van der Waals surface area contributed by atoms with Gasteiger partial charge in [0.2, 0.25) is 5.88 Å². The fourth-order valence-electron chi connectivity index (χ4n) is 1.19. The Morgan fingerprint density at radius 1 is 1.50 bits per heavy atom. The molecule has 0 amide bonds. The van der Waals surface area contributed by atoms with Crippen LogP contribution < -0.4 is 10.5 Å². The number of aromatic nitrogens is 1. The monoisotopic (exact) mass is 239 g/mol. The molecule has 0 fully saturated rings. The van der Waals surface area contributed by atoms with Gasteiger partial charge < -0.3 is 15.4 Å². The maximum Gasteiger partial charge on any atom is 0.214 e. The van der Waals surface area contributed by atoms with E-state index >= 15 is 0 Å². The zero-order valence-corrected chi connectivity index (χ0v) is 10.7. The van der Waals surface area contributed by atoms with Crippen LogP contribution in [0.2, 0.25) is 0 Å². The van der Waals surface area contributed by atoms with Crippen molar-refractivity contribution in [3.05, 3.63) is 23.4 Å². The second-order valence-corrected chi connectivity index (χ2v) is 4.29. The Kier molecular flexibility index (Phi) is 4.64. The van der Waals surface area contributed by atoms with Crippen molar-refractivity contribution in [2.24, 2.45) is 5.73 Å². The van der Waals surface area contributed by atoms with Crippen LogP contribution in [0.3, 0.4) is 0 Å². The molecule has 0 aliphatic heterocycles. The number of aryl methyl sites for hydroxylation is 1. The predicted molar refractivity (Wildman–Crippen MR) is 68.9 cm³/mol. The Morgan fingerprint density at radius 2 is 2.19 bits per heavy atom. The smallest absolute Gasteiger partial charge is 0.214 e. The lowest BCUT2D eigenvalue weighted by molar-refractivity contribution is 0.253. The van der Waals surface area contributed by atoms with Crippen molar-refractivity contribution < 1.29 is 4.74 Å². The Morgan fingerprint density at radius 3 is 2.75 bits per heavy atom. The van der Waals surface area contributed by atoms with Gasteiger partial charge in [0, 0.05) is 23.9 Å². The van der Waals surface area contributed by atoms with Gasteiger partial charge in [-0.25, -0.2) is 4.98 Å². The van der Waals surface area contributed by atoms with Crippen LogP contribution in [0.5, 0.6) is 5.88 Å². The van der Waals surface area contributed by atoms with Gasteiger partial charge in [-0.05, 0) is 27.1 Å². The first-order valence-electron chi connectivity index (χ1n) is 5.05. The van der Waals surface area contributed by atoms with Crippen molar-refractivity contribution in [2.75, 3.05) is 27.2 Å². The van der Waals surface area contributed by atoms with Gasteiger partial charge in [-0.15, -0.1) is 0 Å². The number of thiocarbonyl (C=S) groups is 1. The highest BCUT2D eigenvalue weighted by Crippen LogP contribution is 2.12. The fourth-order valence-corrected chi connectivity index (χ4v) is 1.30. The minimum absolute atomic E-state index is 0.364. The van der Waals surface area contributed by atoms with Crippen molar-refractivity contribution in [3.8, 4) is 5.88 Å². The van der Waals surface area contributed by atoms with Gasteiger partial charge >= 0.3 is 0 Å². The van der Waals surface area contributed by atoms with Gasteiger partial charge in [0.25, 0.3) is 0 Å². The molecule has 1 rings (SSSR count). The third kappa shape index (κ3) is 4.12. The van der Waals surface area contributed by atoms with Gasteiger partial charge in [-0.1, -0.05) is 12.2 Å². The number of hydrogen-bond acceptors (Lipinski definition) is 4. The number of rotatable bonds is 5. The number of nitrogens with two attached hydrogens (primary N) is 1. The van der Waals surface area contributed by atoms with Crippen LogP contribution in [0.1, 0.15) is 11.3 Å². The molecule has 0 bridgehead atoms. The summed E-state index contributed by atoms with van der Waals surface area (Å²) in [5.74, 6) is 0.574. The molecule has 0 aliphatic carbocycles. The van der Waals surface area contributed by atoms with Crippen LogP contribution in [0.15, 0.2) is 12.1 Å². The minimum atomic E-state index is 0.364. The molecule has 0 aliphatic rings. The number of nitrogens with zero attached hydrogens (tertiary/aromatic N) is 2. The van der Waals surface area contributed by atoms with Gasteiger partial charge in [-0.2, -0.15) is 0 Å². The minimum Gasteiger partial charge on any atom is -0.476 e. The van der Waals surface area contributed by atoms with Crippen molar-refractivity contribution in [1.29, 1.82) is 0 Å². The highest BCUT2D eigenvalue weighted by atomic mass is 32.1. The highest BCUT2D eigenvalue weighted by Gasteiger charge is 2.03. The maximum atomic E-state index is 5.57. The number of ether oxygens (including phenoxy) is 1. The van der Waals surface area contributed by atoms with Crippen LogP contribution in [-0.4, -0.2) is 42.1 Å². The molecule has 1 heterocycles. The van der Waals surface area contributed by atoms with Gasteiger partial charge in [0.05, 0.1) is 0 Å². The molecule has 5 heteroatoms. The molecule has 1 aromatic heterocycles. The van der Waals surface area contributed by atoms with E-state index in [2.05, 4.69) is 4.98 Å². The van der Waals surface area contributed by atoms with Crippen molar-refractivity contribution in [3.63, 3.8) is 0 Å². The topological polar surface area (TPSA) is 51.4 Å². The van der Waals surface area contributed by atoms with Gasteiger partial charge in [-0.3, -0.25) is 0 Å². The van der Waals surface area contributed by atoms with E-state index in [0.717, 1.165) is 17.8 Å². The van der Waals surface area contributed by atoms with Gasteiger partial charge in [0.15, 0.2) is 0 Å². The van der Waals surface area contributed by atoms with E-state index in [1.807, 2.05) is 32.0 Å². The summed E-state index contributed by atoms with van der Waals surface area (Å²) in [6.07, 6.45) is 0. The predicted octanol–water partition coefficient (Wildman–Crippen LogP) is 0.965. The first-order valence-corrected chi connectivity index (χ1v) is 5.46. The third-order valence-corrected chi connectivity index (χ3v) is 2.24. The summed E-state index contributed by atoms with van der Waals surface area (Å²) in [6, 6.07) is 3.62. The van der Waals surface area contributed by atoms with Crippen LogP contribution >= 0.6 is 12.2 Å². The fraction of sp³-hybridized carbons (Fsp3) is 0.455. The molecular formula is C11H17N3OS. The van der Waals surface area contributed by atoms with Crippen molar-refractivity contribution in [2.45, 2.75) is 6.92 Å². The Labute approximate surface area is 101 Å². The van der Waals surface area contributed by atoms with E-state index in [1.54, 1.807) is 6.07 Å². The summed E-state index contributed by atoms with van der Waals surface area (Å²) in [5.41, 5.74) is 7.21. The summed E-state index contributed by atoms with van der Waals surface area (Å²) < 4.78 is 5.52. The highest BCUT2D eigenvalue weighted by molar-refractivity contribution is 7.80. The average Bonchev–Trinajstić information content (AvgIpc) is 2.16. The summed E-state index contributed by atoms with van der Waals surface area (Å²) in [5, 5.41) is 0. The molecule has 0 saturated heterocycles. The second-order valence-electron chi connectivity index (χ2n) is 3.85. The molecule has 0 unspecified atom stereocenters. The van der Waals surface area contributed by atoms with Crippen LogP contribution in [0, 0.1) is 6.92 Å². The van der Waals surface area contributed by atoms with Gasteiger partial charge in [0.1, 0.15) is 11.6 Å². The van der Waals surface area contributed by atoms with Crippen molar-refractivity contribution >= 4 is 17.2 Å². The first-order chi connectivity index (χ1) is 7.49. The standard InChI is InChI=1S/C11H17N3OS/c1-8-6-9(11(12)16)7-10(13-8)15-5-4-14(2)3/h6-7H,4-5H2,1-3H3,(H2,12,16). The molecule has 2 N–H and O–H groups in total. The summed E-state index contributed by atoms with van der Waals surface area (Å²) in [6.45, 7) is 3.33. The average molecular weight is 239 g/mol. The number of hydrogen-bond donors (Lipinski definition) is 1. The lowest BCUT2D eigenvalue weighted by Gasteiger charge is -2.11. The van der Waals surface area contributed by atoms with Crippen LogP contribution in [0.4, 0.5) is 0 Å². The zero-order valence-electron chi connectivity index (χ0n) is 9.86. The van der Waals surface area contributed by atoms with E-state index in [9.17, 15) is 0 Å². The normalized spacial score (nSPS) is 10.5. The summed E-state index contributed by atoms with van der Waals surface area (Å²) >= 11 is 4.92. The van der Waals surface area contributed by atoms with E-state index in [0.29, 0.717) is 17.5 Å². The molecule has 16 heavy (non-hydrogen) atoms. The van der Waals surface area contributed by atoms with E-state index in [4.69, 9.17) is 22.7 Å².